The molecular weight excluding hydrogens is 196 g/mol. The molecular formula is C6H6CuN2O2. The molecule has 0 saturated heterocycles. The Kier molecular flexibility index (Phi) is 4.25. The van der Waals surface area contributed by atoms with Crippen LogP contribution in [0.25, 0.3) is 0 Å². The zero-order chi connectivity index (χ0) is 7.40. The molecule has 4 nitrogen and oxygen atoms in total. The van der Waals surface area contributed by atoms with Gasteiger partial charge in [-0.2, -0.15) is 4.73 Å². The van der Waals surface area contributed by atoms with Crippen LogP contribution in [0.1, 0.15) is 0 Å². The summed E-state index contributed by atoms with van der Waals surface area (Å²) in [5, 5.41) is 0. The molecule has 0 N–H and O–H groups in total. The maximum absolute atomic E-state index is 10.5. The minimum atomic E-state index is -0.502. The number of hydrogen-bond donors (Lipinski definition) is 0. The molecule has 0 atom stereocenters. The first-order chi connectivity index (χ1) is 4.83. The fraction of sp³-hybridized carbons (Fsp3) is 0. The summed E-state index contributed by atoms with van der Waals surface area (Å²) in [6.45, 7) is 3.23. The van der Waals surface area contributed by atoms with Crippen LogP contribution < -0.4 is 4.84 Å². The van der Waals surface area contributed by atoms with Gasteiger partial charge in [0.2, 0.25) is 0 Å². The molecule has 1 heterocycles. The van der Waals surface area contributed by atoms with E-state index in [1.54, 1.807) is 0 Å². The molecule has 0 aliphatic carbocycles. The molecule has 0 aliphatic rings. The molecule has 0 aliphatic heterocycles. The van der Waals surface area contributed by atoms with E-state index < -0.39 is 5.97 Å². The molecule has 1 radical (unpaired) electrons. The predicted octanol–water partition coefficient (Wildman–Crippen LogP) is 0.0218. The molecule has 11 heavy (non-hydrogen) atoms. The molecule has 0 saturated carbocycles. The standard InChI is InChI=1S/C6H6N2O2.Cu/c1-2-6(9)10-8-4-3-7-5-8;/h2-5H,1H2;. The van der Waals surface area contributed by atoms with Crippen LogP contribution in [0.15, 0.2) is 31.4 Å². The molecule has 0 amide bonds. The van der Waals surface area contributed by atoms with Crippen LogP contribution in [0, 0.1) is 0 Å². The molecule has 0 spiro atoms. The number of carbonyl (C=O) groups excluding carboxylic acids is 1. The van der Waals surface area contributed by atoms with Gasteiger partial charge in [0.05, 0.1) is 6.20 Å². The van der Waals surface area contributed by atoms with Gasteiger partial charge < -0.3 is 4.84 Å². The van der Waals surface area contributed by atoms with Crippen molar-refractivity contribution in [2.45, 2.75) is 0 Å². The van der Waals surface area contributed by atoms with Crippen molar-refractivity contribution in [2.24, 2.45) is 0 Å². The van der Waals surface area contributed by atoms with Gasteiger partial charge in [0.15, 0.2) is 0 Å². The Labute approximate surface area is 74.3 Å². The summed E-state index contributed by atoms with van der Waals surface area (Å²) in [4.78, 5) is 18.8. The van der Waals surface area contributed by atoms with Crippen LogP contribution in [-0.4, -0.2) is 15.7 Å². The summed E-state index contributed by atoms with van der Waals surface area (Å²) >= 11 is 0. The van der Waals surface area contributed by atoms with Crippen molar-refractivity contribution < 1.29 is 26.7 Å². The van der Waals surface area contributed by atoms with Gasteiger partial charge in [0.25, 0.3) is 0 Å². The first-order valence-corrected chi connectivity index (χ1v) is 2.65. The van der Waals surface area contributed by atoms with E-state index in [0.717, 1.165) is 6.08 Å². The average Bonchev–Trinajstić information content (AvgIpc) is 2.40. The van der Waals surface area contributed by atoms with Crippen molar-refractivity contribution in [3.05, 3.63) is 31.4 Å². The number of nitrogens with zero attached hydrogens (tertiary/aromatic N) is 2. The second-order valence-electron chi connectivity index (χ2n) is 1.54. The molecule has 63 valence electrons. The van der Waals surface area contributed by atoms with E-state index in [1.807, 2.05) is 0 Å². The largest absolute Gasteiger partial charge is 0.355 e. The predicted molar refractivity (Wildman–Crippen MR) is 34.0 cm³/mol. The average molecular weight is 202 g/mol. The summed E-state index contributed by atoms with van der Waals surface area (Å²) < 4.78 is 1.20. The van der Waals surface area contributed by atoms with Crippen molar-refractivity contribution in [3.63, 3.8) is 0 Å². The summed E-state index contributed by atoms with van der Waals surface area (Å²) in [5.41, 5.74) is 0. The Hall–Kier alpha value is -1.06. The summed E-state index contributed by atoms with van der Waals surface area (Å²) in [6.07, 6.45) is 5.49. The maximum atomic E-state index is 10.5. The molecule has 0 bridgehead atoms. The van der Waals surface area contributed by atoms with Crippen LogP contribution in [0.3, 0.4) is 0 Å². The third kappa shape index (κ3) is 3.02. The van der Waals surface area contributed by atoms with Gasteiger partial charge >= 0.3 is 5.97 Å². The Morgan fingerprint density at radius 1 is 1.73 bits per heavy atom. The number of hydrogen-bond acceptors (Lipinski definition) is 3. The minimum Gasteiger partial charge on any atom is -0.331 e. The SMILES string of the molecule is C=CC(=O)On1ccnc1.[Cu]. The second-order valence-corrected chi connectivity index (χ2v) is 1.54. The van der Waals surface area contributed by atoms with Crippen LogP contribution in [0.4, 0.5) is 0 Å². The van der Waals surface area contributed by atoms with Gasteiger partial charge in [-0.1, -0.05) is 6.58 Å². The topological polar surface area (TPSA) is 44.1 Å². The minimum absolute atomic E-state index is 0. The van der Waals surface area contributed by atoms with E-state index in [1.165, 1.54) is 23.5 Å². The summed E-state index contributed by atoms with van der Waals surface area (Å²) in [7, 11) is 0. The zero-order valence-corrected chi connectivity index (χ0v) is 6.47. The Morgan fingerprint density at radius 2 is 2.45 bits per heavy atom. The third-order valence-electron chi connectivity index (χ3n) is 0.842. The van der Waals surface area contributed by atoms with Crippen molar-refractivity contribution in [2.75, 3.05) is 0 Å². The van der Waals surface area contributed by atoms with Gasteiger partial charge in [-0.05, 0) is 0 Å². The van der Waals surface area contributed by atoms with Crippen LogP contribution in [0.5, 0.6) is 0 Å². The monoisotopic (exact) mass is 201 g/mol. The van der Waals surface area contributed by atoms with Gasteiger partial charge in [-0.25, -0.2) is 9.78 Å². The fourth-order valence-corrected chi connectivity index (χ4v) is 0.442. The number of aromatic nitrogens is 2. The van der Waals surface area contributed by atoms with Crippen molar-refractivity contribution >= 4 is 5.97 Å². The van der Waals surface area contributed by atoms with Gasteiger partial charge in [-0.15, -0.1) is 0 Å². The van der Waals surface area contributed by atoms with Gasteiger partial charge in [0.1, 0.15) is 6.33 Å². The van der Waals surface area contributed by atoms with E-state index in [-0.39, 0.29) is 17.1 Å². The number of rotatable bonds is 2. The molecule has 5 heteroatoms. The van der Waals surface area contributed by atoms with E-state index in [4.69, 9.17) is 0 Å². The normalized spacial score (nSPS) is 8.00. The fourth-order valence-electron chi connectivity index (χ4n) is 0.442. The molecule has 0 aromatic carbocycles. The summed E-state index contributed by atoms with van der Waals surface area (Å²) in [6, 6.07) is 0. The second kappa shape index (κ2) is 4.71. The van der Waals surface area contributed by atoms with Crippen molar-refractivity contribution in [3.8, 4) is 0 Å². The van der Waals surface area contributed by atoms with Gasteiger partial charge in [0, 0.05) is 29.3 Å². The van der Waals surface area contributed by atoms with Crippen LogP contribution in [-0.2, 0) is 21.9 Å². The molecule has 0 fully saturated rings. The van der Waals surface area contributed by atoms with Crippen LogP contribution in [0.2, 0.25) is 0 Å². The van der Waals surface area contributed by atoms with Crippen molar-refractivity contribution in [1.29, 1.82) is 0 Å². The molecule has 1 aromatic rings. The first kappa shape index (κ1) is 9.94. The Morgan fingerprint density at radius 3 is 2.91 bits per heavy atom. The van der Waals surface area contributed by atoms with E-state index in [9.17, 15) is 4.79 Å². The summed E-state index contributed by atoms with van der Waals surface area (Å²) in [5.74, 6) is -0.502. The third-order valence-corrected chi connectivity index (χ3v) is 0.842. The Balaban J connectivity index is 0.000001000. The number of imidazole rings is 1. The zero-order valence-electron chi connectivity index (χ0n) is 5.53. The molecule has 0 unspecified atom stereocenters. The van der Waals surface area contributed by atoms with E-state index >= 15 is 0 Å². The van der Waals surface area contributed by atoms with E-state index in [0.29, 0.717) is 0 Å². The van der Waals surface area contributed by atoms with E-state index in [2.05, 4.69) is 16.4 Å². The quantitative estimate of drug-likeness (QED) is 0.501. The van der Waals surface area contributed by atoms with Gasteiger partial charge in [-0.3, -0.25) is 0 Å². The first-order valence-electron chi connectivity index (χ1n) is 2.65. The van der Waals surface area contributed by atoms with Crippen molar-refractivity contribution in [1.82, 2.24) is 9.71 Å². The molecule has 1 aromatic heterocycles. The Bertz CT molecular complexity index is 233. The smallest absolute Gasteiger partial charge is 0.331 e. The maximum Gasteiger partial charge on any atom is 0.355 e. The molecule has 1 rings (SSSR count). The van der Waals surface area contributed by atoms with Crippen LogP contribution >= 0.6 is 0 Å². The number of carbonyl (C=O) groups is 1.